The smallest absolute Gasteiger partial charge is 0.336 e. The SMILES string of the molecule is COc1ccc2c(CN(C)CC(=O)Nc3cccc(C)c3C)cc(=O)oc2c1. The Morgan fingerprint density at radius 2 is 1.96 bits per heavy atom. The fourth-order valence-electron chi connectivity index (χ4n) is 3.14. The summed E-state index contributed by atoms with van der Waals surface area (Å²) in [5.41, 5.74) is 3.84. The van der Waals surface area contributed by atoms with Crippen molar-refractivity contribution in [3.8, 4) is 5.75 Å². The average molecular weight is 380 g/mol. The van der Waals surface area contributed by atoms with E-state index in [-0.39, 0.29) is 12.5 Å². The molecule has 1 amide bonds. The van der Waals surface area contributed by atoms with Crippen LogP contribution in [0.25, 0.3) is 11.0 Å². The number of hydrogen-bond donors (Lipinski definition) is 1. The van der Waals surface area contributed by atoms with Crippen molar-refractivity contribution in [2.45, 2.75) is 20.4 Å². The van der Waals surface area contributed by atoms with Gasteiger partial charge < -0.3 is 14.5 Å². The number of aryl methyl sites for hydroxylation is 1. The molecule has 28 heavy (non-hydrogen) atoms. The average Bonchev–Trinajstić information content (AvgIpc) is 2.64. The van der Waals surface area contributed by atoms with Crippen molar-refractivity contribution in [3.63, 3.8) is 0 Å². The highest BCUT2D eigenvalue weighted by Crippen LogP contribution is 2.23. The number of benzene rings is 2. The number of likely N-dealkylation sites (N-methyl/N-ethyl adjacent to an activating group) is 1. The van der Waals surface area contributed by atoms with Crippen LogP contribution in [0.5, 0.6) is 5.75 Å². The van der Waals surface area contributed by atoms with E-state index >= 15 is 0 Å². The molecule has 2 aromatic carbocycles. The maximum Gasteiger partial charge on any atom is 0.336 e. The lowest BCUT2D eigenvalue weighted by molar-refractivity contribution is -0.117. The Kier molecular flexibility index (Phi) is 5.80. The predicted octanol–water partition coefficient (Wildman–Crippen LogP) is 3.49. The minimum Gasteiger partial charge on any atom is -0.497 e. The van der Waals surface area contributed by atoms with Crippen molar-refractivity contribution >= 4 is 22.6 Å². The van der Waals surface area contributed by atoms with Crippen molar-refractivity contribution in [1.82, 2.24) is 4.90 Å². The topological polar surface area (TPSA) is 71.8 Å². The Morgan fingerprint density at radius 3 is 2.71 bits per heavy atom. The summed E-state index contributed by atoms with van der Waals surface area (Å²) in [6.45, 7) is 4.64. The Balaban J connectivity index is 1.74. The second kappa shape index (κ2) is 8.27. The fraction of sp³-hybridized carbons (Fsp3) is 0.273. The molecule has 6 nitrogen and oxygen atoms in total. The highest BCUT2D eigenvalue weighted by atomic mass is 16.5. The number of anilines is 1. The Bertz CT molecular complexity index is 1070. The van der Waals surface area contributed by atoms with Gasteiger partial charge in [0, 0.05) is 29.8 Å². The van der Waals surface area contributed by atoms with Gasteiger partial charge >= 0.3 is 5.63 Å². The van der Waals surface area contributed by atoms with Gasteiger partial charge in [0.05, 0.1) is 13.7 Å². The molecular formula is C22H24N2O4. The zero-order valence-electron chi connectivity index (χ0n) is 16.5. The highest BCUT2D eigenvalue weighted by molar-refractivity contribution is 5.93. The first-order valence-corrected chi connectivity index (χ1v) is 9.03. The Labute approximate surface area is 163 Å². The second-order valence-corrected chi connectivity index (χ2v) is 6.92. The number of ether oxygens (including phenoxy) is 1. The zero-order chi connectivity index (χ0) is 20.3. The van der Waals surface area contributed by atoms with Crippen LogP contribution in [0.2, 0.25) is 0 Å². The zero-order valence-corrected chi connectivity index (χ0v) is 16.5. The minimum atomic E-state index is -0.427. The van der Waals surface area contributed by atoms with Gasteiger partial charge in [-0.1, -0.05) is 12.1 Å². The van der Waals surface area contributed by atoms with Crippen LogP contribution >= 0.6 is 0 Å². The molecule has 1 heterocycles. The molecule has 0 radical (unpaired) electrons. The Morgan fingerprint density at radius 1 is 1.18 bits per heavy atom. The van der Waals surface area contributed by atoms with Gasteiger partial charge in [0.25, 0.3) is 0 Å². The Hall–Kier alpha value is -3.12. The predicted molar refractivity (Wildman–Crippen MR) is 110 cm³/mol. The van der Waals surface area contributed by atoms with Crippen LogP contribution in [0.4, 0.5) is 5.69 Å². The number of carbonyl (C=O) groups excluding carboxylic acids is 1. The molecule has 0 aliphatic heterocycles. The fourth-order valence-corrected chi connectivity index (χ4v) is 3.14. The molecule has 0 unspecified atom stereocenters. The standard InChI is InChI=1S/C22H24N2O4/c1-14-6-5-7-19(15(14)2)23-21(25)13-24(3)12-16-10-22(26)28-20-11-17(27-4)8-9-18(16)20/h5-11H,12-13H2,1-4H3,(H,23,25). The number of carbonyl (C=O) groups is 1. The lowest BCUT2D eigenvalue weighted by Gasteiger charge is -2.18. The lowest BCUT2D eigenvalue weighted by Crippen LogP contribution is -2.30. The van der Waals surface area contributed by atoms with E-state index in [4.69, 9.17) is 9.15 Å². The molecule has 0 aliphatic carbocycles. The van der Waals surface area contributed by atoms with Crippen molar-refractivity contribution in [2.24, 2.45) is 0 Å². The first-order chi connectivity index (χ1) is 13.4. The van der Waals surface area contributed by atoms with Crippen molar-refractivity contribution < 1.29 is 13.9 Å². The molecule has 3 aromatic rings. The monoisotopic (exact) mass is 380 g/mol. The minimum absolute atomic E-state index is 0.106. The van der Waals surface area contributed by atoms with E-state index in [1.54, 1.807) is 13.2 Å². The van der Waals surface area contributed by atoms with Gasteiger partial charge in [-0.3, -0.25) is 9.69 Å². The molecule has 6 heteroatoms. The lowest BCUT2D eigenvalue weighted by atomic mass is 10.1. The van der Waals surface area contributed by atoms with Crippen LogP contribution in [-0.2, 0) is 11.3 Å². The van der Waals surface area contributed by atoms with Crippen molar-refractivity contribution in [3.05, 3.63) is 69.6 Å². The quantitative estimate of drug-likeness (QED) is 0.663. The summed E-state index contributed by atoms with van der Waals surface area (Å²) in [7, 11) is 3.40. The van der Waals surface area contributed by atoms with E-state index in [2.05, 4.69) is 5.32 Å². The van der Waals surface area contributed by atoms with Crippen LogP contribution in [-0.4, -0.2) is 31.5 Å². The van der Waals surface area contributed by atoms with E-state index in [9.17, 15) is 9.59 Å². The highest BCUT2D eigenvalue weighted by Gasteiger charge is 2.13. The van der Waals surface area contributed by atoms with Gasteiger partial charge in [0.15, 0.2) is 0 Å². The van der Waals surface area contributed by atoms with Crippen LogP contribution in [0.1, 0.15) is 16.7 Å². The molecular weight excluding hydrogens is 356 g/mol. The van der Waals surface area contributed by atoms with Crippen LogP contribution in [0.3, 0.4) is 0 Å². The van der Waals surface area contributed by atoms with Crippen molar-refractivity contribution in [2.75, 3.05) is 26.0 Å². The number of nitrogens with one attached hydrogen (secondary N) is 1. The van der Waals surface area contributed by atoms with Crippen LogP contribution in [0.15, 0.2) is 51.7 Å². The molecule has 0 saturated heterocycles. The van der Waals surface area contributed by atoms with Gasteiger partial charge in [-0.25, -0.2) is 4.79 Å². The maximum atomic E-state index is 12.4. The third-order valence-electron chi connectivity index (χ3n) is 4.77. The largest absolute Gasteiger partial charge is 0.497 e. The van der Waals surface area contributed by atoms with E-state index in [0.717, 1.165) is 27.8 Å². The summed E-state index contributed by atoms with van der Waals surface area (Å²) >= 11 is 0. The normalized spacial score (nSPS) is 11.0. The van der Waals surface area contributed by atoms with Gasteiger partial charge in [0.1, 0.15) is 11.3 Å². The van der Waals surface area contributed by atoms with E-state index < -0.39 is 5.63 Å². The first kappa shape index (κ1) is 19.6. The van der Waals surface area contributed by atoms with Crippen molar-refractivity contribution in [1.29, 1.82) is 0 Å². The molecule has 0 fully saturated rings. The molecule has 0 bridgehead atoms. The third kappa shape index (κ3) is 4.40. The molecule has 1 aromatic heterocycles. The van der Waals surface area contributed by atoms with Crippen LogP contribution in [0, 0.1) is 13.8 Å². The van der Waals surface area contributed by atoms with Gasteiger partial charge in [0.2, 0.25) is 5.91 Å². The first-order valence-electron chi connectivity index (χ1n) is 9.03. The molecule has 1 N–H and O–H groups in total. The molecule has 0 aliphatic rings. The summed E-state index contributed by atoms with van der Waals surface area (Å²) in [5.74, 6) is 0.513. The van der Waals surface area contributed by atoms with E-state index in [0.29, 0.717) is 17.9 Å². The maximum absolute atomic E-state index is 12.4. The molecule has 0 saturated carbocycles. The van der Waals surface area contributed by atoms with Gasteiger partial charge in [-0.2, -0.15) is 0 Å². The number of nitrogens with zero attached hydrogens (tertiary/aromatic N) is 1. The second-order valence-electron chi connectivity index (χ2n) is 6.92. The molecule has 146 valence electrons. The summed E-state index contributed by atoms with van der Waals surface area (Å²) in [6.07, 6.45) is 0. The molecule has 0 atom stereocenters. The number of fused-ring (bicyclic) bond motifs is 1. The number of hydrogen-bond acceptors (Lipinski definition) is 5. The molecule has 0 spiro atoms. The van der Waals surface area contributed by atoms with Crippen LogP contribution < -0.4 is 15.7 Å². The molecule has 3 rings (SSSR count). The number of rotatable bonds is 6. The van der Waals surface area contributed by atoms with E-state index in [1.807, 2.05) is 56.1 Å². The van der Waals surface area contributed by atoms with E-state index in [1.165, 1.54) is 6.07 Å². The summed E-state index contributed by atoms with van der Waals surface area (Å²) in [5, 5.41) is 3.78. The summed E-state index contributed by atoms with van der Waals surface area (Å²) < 4.78 is 10.5. The third-order valence-corrected chi connectivity index (χ3v) is 4.77. The van der Waals surface area contributed by atoms with Gasteiger partial charge in [-0.05, 0) is 55.8 Å². The summed E-state index contributed by atoms with van der Waals surface area (Å²) in [4.78, 5) is 26.2. The number of methoxy groups -OCH3 is 1. The van der Waals surface area contributed by atoms with Gasteiger partial charge in [-0.15, -0.1) is 0 Å². The number of amides is 1. The summed E-state index contributed by atoms with van der Waals surface area (Å²) in [6, 6.07) is 12.7.